The third-order valence-corrected chi connectivity index (χ3v) is 3.98. The van der Waals surface area contributed by atoms with Crippen LogP contribution < -0.4 is 5.32 Å². The second-order valence-corrected chi connectivity index (χ2v) is 5.17. The summed E-state index contributed by atoms with van der Waals surface area (Å²) in [7, 11) is 0. The molecule has 1 saturated heterocycles. The quantitative estimate of drug-likeness (QED) is 0.672. The average Bonchev–Trinajstić information content (AvgIpc) is 2.88. The summed E-state index contributed by atoms with van der Waals surface area (Å²) < 4.78 is 17.8. The number of ether oxygens (including phenoxy) is 1. The molecule has 0 bridgehead atoms. The van der Waals surface area contributed by atoms with Crippen LogP contribution in [0.4, 0.5) is 4.39 Å². The summed E-state index contributed by atoms with van der Waals surface area (Å²) in [4.78, 5) is 24.0. The third kappa shape index (κ3) is 3.13. The van der Waals surface area contributed by atoms with Crippen LogP contribution >= 0.6 is 11.8 Å². The van der Waals surface area contributed by atoms with E-state index in [2.05, 4.69) is 5.32 Å². The Balaban J connectivity index is 2.13. The van der Waals surface area contributed by atoms with Crippen LogP contribution in [-0.2, 0) is 9.53 Å². The fourth-order valence-electron chi connectivity index (χ4n) is 1.88. The van der Waals surface area contributed by atoms with Gasteiger partial charge in [0.1, 0.15) is 11.9 Å². The van der Waals surface area contributed by atoms with Crippen LogP contribution in [0.5, 0.6) is 0 Å². The second kappa shape index (κ2) is 6.16. The summed E-state index contributed by atoms with van der Waals surface area (Å²) in [6, 6.07) is 4.69. The molecule has 6 heteroatoms. The monoisotopic (exact) mass is 283 g/mol. The van der Waals surface area contributed by atoms with Crippen molar-refractivity contribution in [2.24, 2.45) is 0 Å². The van der Waals surface area contributed by atoms with Gasteiger partial charge in [0, 0.05) is 11.4 Å². The largest absolute Gasteiger partial charge is 0.465 e. The molecule has 2 rings (SSSR count). The first-order valence-corrected chi connectivity index (χ1v) is 6.99. The lowest BCUT2D eigenvalue weighted by Gasteiger charge is -2.16. The molecule has 102 valence electrons. The molecule has 1 aliphatic rings. The van der Waals surface area contributed by atoms with E-state index in [1.54, 1.807) is 6.92 Å². The number of hydrogen-bond donors (Lipinski definition) is 1. The van der Waals surface area contributed by atoms with Gasteiger partial charge in [-0.2, -0.15) is 0 Å². The van der Waals surface area contributed by atoms with Gasteiger partial charge in [0.25, 0.3) is 0 Å². The summed E-state index contributed by atoms with van der Waals surface area (Å²) in [5.41, 5.74) is 0.400. The van der Waals surface area contributed by atoms with E-state index < -0.39 is 23.1 Å². The number of rotatable bonds is 4. The Kier molecular flexibility index (Phi) is 4.55. The van der Waals surface area contributed by atoms with E-state index in [1.807, 2.05) is 0 Å². The van der Waals surface area contributed by atoms with Gasteiger partial charge in [-0.3, -0.25) is 14.9 Å². The van der Waals surface area contributed by atoms with Crippen LogP contribution in [0.1, 0.15) is 17.3 Å². The molecule has 1 aliphatic heterocycles. The molecule has 0 amide bonds. The van der Waals surface area contributed by atoms with Gasteiger partial charge in [-0.15, -0.1) is 11.8 Å². The normalized spacial score (nSPS) is 22.2. The van der Waals surface area contributed by atoms with Crippen molar-refractivity contribution in [1.82, 2.24) is 5.32 Å². The molecule has 0 radical (unpaired) electrons. The van der Waals surface area contributed by atoms with Gasteiger partial charge >= 0.3 is 5.97 Å². The summed E-state index contributed by atoms with van der Waals surface area (Å²) in [6.07, 6.45) is 0. The Hall–Kier alpha value is -1.40. The highest BCUT2D eigenvalue weighted by atomic mass is 32.2. The van der Waals surface area contributed by atoms with Gasteiger partial charge in [-0.25, -0.2) is 4.39 Å². The van der Waals surface area contributed by atoms with Gasteiger partial charge in [-0.05, 0) is 31.2 Å². The lowest BCUT2D eigenvalue weighted by Crippen LogP contribution is -2.42. The zero-order valence-electron chi connectivity index (χ0n) is 10.4. The van der Waals surface area contributed by atoms with Gasteiger partial charge < -0.3 is 4.74 Å². The minimum Gasteiger partial charge on any atom is -0.465 e. The van der Waals surface area contributed by atoms with E-state index in [-0.39, 0.29) is 12.4 Å². The van der Waals surface area contributed by atoms with Crippen LogP contribution in [0.15, 0.2) is 24.3 Å². The number of hydrogen-bond acceptors (Lipinski definition) is 5. The zero-order valence-corrected chi connectivity index (χ0v) is 11.2. The molecule has 0 aromatic heterocycles. The van der Waals surface area contributed by atoms with Crippen LogP contribution in [0, 0.1) is 5.82 Å². The third-order valence-electron chi connectivity index (χ3n) is 2.80. The first kappa shape index (κ1) is 14.0. The fraction of sp³-hybridized carbons (Fsp3) is 0.385. The molecule has 1 N–H and O–H groups in total. The highest BCUT2D eigenvalue weighted by molar-refractivity contribution is 8.00. The minimum absolute atomic E-state index is 0.187. The summed E-state index contributed by atoms with van der Waals surface area (Å²) in [5, 5.41) is 2.42. The Morgan fingerprint density at radius 3 is 2.74 bits per heavy atom. The van der Waals surface area contributed by atoms with Crippen LogP contribution in [0.25, 0.3) is 0 Å². The number of thioether (sulfide) groups is 1. The predicted molar refractivity (Wildman–Crippen MR) is 70.5 cm³/mol. The van der Waals surface area contributed by atoms with Crippen molar-refractivity contribution in [3.05, 3.63) is 35.6 Å². The van der Waals surface area contributed by atoms with Crippen molar-refractivity contribution >= 4 is 23.5 Å². The van der Waals surface area contributed by atoms with Gasteiger partial charge in [0.2, 0.25) is 0 Å². The Bertz CT molecular complexity index is 477. The predicted octanol–water partition coefficient (Wildman–Crippen LogP) is 1.60. The number of carbonyl (C=O) groups is 2. The number of esters is 1. The van der Waals surface area contributed by atoms with E-state index in [0.717, 1.165) is 0 Å². The SMILES string of the molecule is CCOC(=O)[C@H]1NCSC1C(=O)c1ccc(F)cc1. The van der Waals surface area contributed by atoms with Crippen molar-refractivity contribution in [2.45, 2.75) is 18.2 Å². The van der Waals surface area contributed by atoms with Gasteiger partial charge in [0.05, 0.1) is 11.9 Å². The van der Waals surface area contributed by atoms with Gasteiger partial charge in [-0.1, -0.05) is 0 Å². The first-order valence-electron chi connectivity index (χ1n) is 5.95. The van der Waals surface area contributed by atoms with Crippen molar-refractivity contribution in [2.75, 3.05) is 12.5 Å². The number of carbonyl (C=O) groups excluding carboxylic acids is 2. The summed E-state index contributed by atoms with van der Waals surface area (Å²) in [5.74, 6) is -0.488. The maximum absolute atomic E-state index is 12.8. The average molecular weight is 283 g/mol. The van der Waals surface area contributed by atoms with E-state index >= 15 is 0 Å². The minimum atomic E-state index is -0.637. The summed E-state index contributed by atoms with van der Waals surface area (Å²) >= 11 is 1.36. The van der Waals surface area contributed by atoms with Crippen LogP contribution in [0.2, 0.25) is 0 Å². The molecular formula is C13H14FNO3S. The molecule has 1 fully saturated rings. The Morgan fingerprint density at radius 1 is 1.42 bits per heavy atom. The van der Waals surface area contributed by atoms with E-state index in [4.69, 9.17) is 4.74 Å². The number of Topliss-reactive ketones (excluding diaryl/α,β-unsaturated/α-hetero) is 1. The standard InChI is InChI=1S/C13H14FNO3S/c1-2-18-13(17)10-12(19-7-15-10)11(16)8-3-5-9(14)6-4-8/h3-6,10,12,15H,2,7H2,1H3/t10-,12?/m0/s1. The van der Waals surface area contributed by atoms with Crippen molar-refractivity contribution in [3.63, 3.8) is 0 Å². The fourth-order valence-corrected chi connectivity index (χ4v) is 3.02. The topological polar surface area (TPSA) is 55.4 Å². The molecule has 1 unspecified atom stereocenters. The van der Waals surface area contributed by atoms with E-state index in [0.29, 0.717) is 11.4 Å². The lowest BCUT2D eigenvalue weighted by molar-refractivity contribution is -0.145. The van der Waals surface area contributed by atoms with Crippen LogP contribution in [-0.4, -0.2) is 35.5 Å². The maximum atomic E-state index is 12.8. The van der Waals surface area contributed by atoms with E-state index in [1.165, 1.54) is 36.0 Å². The second-order valence-electron chi connectivity index (χ2n) is 4.04. The lowest BCUT2D eigenvalue weighted by atomic mass is 10.0. The molecule has 1 heterocycles. The molecule has 0 saturated carbocycles. The van der Waals surface area contributed by atoms with Gasteiger partial charge in [0.15, 0.2) is 5.78 Å². The first-order chi connectivity index (χ1) is 9.13. The highest BCUT2D eigenvalue weighted by Gasteiger charge is 2.39. The molecule has 2 atom stereocenters. The highest BCUT2D eigenvalue weighted by Crippen LogP contribution is 2.25. The number of ketones is 1. The summed E-state index contributed by atoms with van der Waals surface area (Å²) in [6.45, 7) is 2.00. The number of halogens is 1. The number of benzene rings is 1. The van der Waals surface area contributed by atoms with E-state index in [9.17, 15) is 14.0 Å². The maximum Gasteiger partial charge on any atom is 0.324 e. The van der Waals surface area contributed by atoms with Crippen LogP contribution in [0.3, 0.4) is 0 Å². The molecule has 1 aromatic carbocycles. The zero-order chi connectivity index (χ0) is 13.8. The van der Waals surface area contributed by atoms with Crippen molar-refractivity contribution < 1.29 is 18.7 Å². The Labute approximate surface area is 114 Å². The molecule has 1 aromatic rings. The molecular weight excluding hydrogens is 269 g/mol. The molecule has 4 nitrogen and oxygen atoms in total. The molecule has 0 aliphatic carbocycles. The smallest absolute Gasteiger partial charge is 0.324 e. The van der Waals surface area contributed by atoms with Crippen molar-refractivity contribution in [1.29, 1.82) is 0 Å². The molecule has 19 heavy (non-hydrogen) atoms. The Morgan fingerprint density at radius 2 is 2.11 bits per heavy atom. The number of nitrogens with one attached hydrogen (secondary N) is 1. The molecule has 0 spiro atoms. The van der Waals surface area contributed by atoms with Crippen molar-refractivity contribution in [3.8, 4) is 0 Å².